The molecule has 1 aliphatic rings. The Kier molecular flexibility index (Phi) is 7.82. The van der Waals surface area contributed by atoms with Crippen molar-refractivity contribution in [2.75, 3.05) is 19.9 Å². The summed E-state index contributed by atoms with van der Waals surface area (Å²) in [5, 5.41) is 42.7. The summed E-state index contributed by atoms with van der Waals surface area (Å²) in [4.78, 5) is 21.7. The molecule has 1 aliphatic heterocycles. The molecule has 10 nitrogen and oxygen atoms in total. The van der Waals surface area contributed by atoms with Crippen LogP contribution in [0.3, 0.4) is 0 Å². The molecule has 1 saturated heterocycles. The fraction of sp³-hybridized carbons (Fsp3) is 0.833. The Balaban J connectivity index is 2.68. The van der Waals surface area contributed by atoms with Crippen molar-refractivity contribution in [3.63, 3.8) is 0 Å². The number of amides is 1. The maximum Gasteiger partial charge on any atom is 0.217 e. The molecule has 1 fully saturated rings. The van der Waals surface area contributed by atoms with Crippen LogP contribution in [0.1, 0.15) is 6.92 Å². The summed E-state index contributed by atoms with van der Waals surface area (Å²) >= 11 is 0. The van der Waals surface area contributed by atoms with Gasteiger partial charge in [0.05, 0.1) is 19.3 Å². The van der Waals surface area contributed by atoms with Crippen LogP contribution in [-0.2, 0) is 19.1 Å². The number of nitrogens with one attached hydrogen (secondary N) is 2. The molecule has 6 N–H and O–H groups in total. The number of aliphatic hydroxyl groups excluding tert-OH is 4. The molecule has 4 unspecified atom stereocenters. The van der Waals surface area contributed by atoms with Gasteiger partial charge in [-0.3, -0.25) is 10.1 Å². The first-order valence-electron chi connectivity index (χ1n) is 6.75. The first kappa shape index (κ1) is 18.9. The van der Waals surface area contributed by atoms with Crippen molar-refractivity contribution in [3.05, 3.63) is 0 Å². The summed E-state index contributed by atoms with van der Waals surface area (Å²) in [6, 6.07) is -1.88. The quantitative estimate of drug-likeness (QED) is 0.194. The number of carbonyl (C=O) groups is 2. The first-order valence-corrected chi connectivity index (χ1v) is 6.75. The van der Waals surface area contributed by atoms with Crippen LogP contribution in [-0.4, -0.2) is 89.2 Å². The van der Waals surface area contributed by atoms with E-state index in [4.69, 9.17) is 19.7 Å². The van der Waals surface area contributed by atoms with E-state index in [-0.39, 0.29) is 6.73 Å². The number of rotatable bonds is 8. The van der Waals surface area contributed by atoms with Gasteiger partial charge in [-0.15, -0.1) is 0 Å². The molecule has 1 amide bonds. The molecule has 1 heterocycles. The molecule has 22 heavy (non-hydrogen) atoms. The van der Waals surface area contributed by atoms with E-state index in [9.17, 15) is 19.8 Å². The highest BCUT2D eigenvalue weighted by Gasteiger charge is 2.45. The Hall–Kier alpha value is -1.14. The molecule has 10 heteroatoms. The lowest BCUT2D eigenvalue weighted by Gasteiger charge is -2.42. The van der Waals surface area contributed by atoms with Gasteiger partial charge in [0.2, 0.25) is 5.91 Å². The van der Waals surface area contributed by atoms with E-state index in [0.29, 0.717) is 6.29 Å². The Morgan fingerprint density at radius 2 is 2.05 bits per heavy atom. The highest BCUT2D eigenvalue weighted by molar-refractivity contribution is 5.73. The largest absolute Gasteiger partial charge is 0.394 e. The monoisotopic (exact) mass is 322 g/mol. The highest BCUT2D eigenvalue weighted by atomic mass is 16.7. The van der Waals surface area contributed by atoms with Crippen molar-refractivity contribution in [3.8, 4) is 0 Å². The number of hydrogen-bond acceptors (Lipinski definition) is 9. The van der Waals surface area contributed by atoms with Crippen molar-refractivity contribution < 1.29 is 39.5 Å². The van der Waals surface area contributed by atoms with Crippen LogP contribution in [0, 0.1) is 0 Å². The minimum Gasteiger partial charge on any atom is -0.394 e. The molecule has 1 rings (SSSR count). The van der Waals surface area contributed by atoms with Crippen LogP contribution in [0.25, 0.3) is 0 Å². The van der Waals surface area contributed by atoms with Gasteiger partial charge in [-0.1, -0.05) is 0 Å². The SMILES string of the molecule is CC(=O)NC1C(OCN[C@H](C=O)CO)OC(CO)C(O)[C@@H]1O. The van der Waals surface area contributed by atoms with Gasteiger partial charge in [0.1, 0.15) is 37.4 Å². The summed E-state index contributed by atoms with van der Waals surface area (Å²) < 4.78 is 10.6. The third kappa shape index (κ3) is 4.95. The van der Waals surface area contributed by atoms with Crippen LogP contribution < -0.4 is 10.6 Å². The second-order valence-corrected chi connectivity index (χ2v) is 4.87. The van der Waals surface area contributed by atoms with E-state index in [2.05, 4.69) is 10.6 Å². The molecule has 0 bridgehead atoms. The average molecular weight is 322 g/mol. The van der Waals surface area contributed by atoms with Gasteiger partial charge in [0.25, 0.3) is 0 Å². The zero-order valence-corrected chi connectivity index (χ0v) is 12.1. The Morgan fingerprint density at radius 3 is 2.55 bits per heavy atom. The minimum absolute atomic E-state index is 0.217. The van der Waals surface area contributed by atoms with Gasteiger partial charge in [-0.2, -0.15) is 0 Å². The predicted octanol–water partition coefficient (Wildman–Crippen LogP) is -3.95. The zero-order chi connectivity index (χ0) is 16.7. The van der Waals surface area contributed by atoms with Crippen molar-refractivity contribution >= 4 is 12.2 Å². The summed E-state index contributed by atoms with van der Waals surface area (Å²) in [7, 11) is 0. The van der Waals surface area contributed by atoms with Gasteiger partial charge >= 0.3 is 0 Å². The Bertz CT molecular complexity index is 369. The van der Waals surface area contributed by atoms with Crippen LogP contribution in [0.15, 0.2) is 0 Å². The summed E-state index contributed by atoms with van der Waals surface area (Å²) in [6.07, 6.45) is -4.54. The highest BCUT2D eigenvalue weighted by Crippen LogP contribution is 2.21. The molecule has 0 radical (unpaired) electrons. The molecule has 0 aromatic heterocycles. The minimum atomic E-state index is -1.40. The van der Waals surface area contributed by atoms with Crippen LogP contribution in [0.5, 0.6) is 0 Å². The number of aldehydes is 1. The molecule has 0 saturated carbocycles. The van der Waals surface area contributed by atoms with E-state index >= 15 is 0 Å². The lowest BCUT2D eigenvalue weighted by atomic mass is 9.97. The first-order chi connectivity index (χ1) is 10.4. The maximum atomic E-state index is 11.2. The number of aliphatic hydroxyl groups is 4. The molecule has 128 valence electrons. The van der Waals surface area contributed by atoms with Gasteiger partial charge < -0.3 is 40.0 Å². The van der Waals surface area contributed by atoms with Crippen molar-refractivity contribution in [1.29, 1.82) is 0 Å². The van der Waals surface area contributed by atoms with Crippen molar-refractivity contribution in [1.82, 2.24) is 10.6 Å². The van der Waals surface area contributed by atoms with E-state index in [1.54, 1.807) is 0 Å². The average Bonchev–Trinajstić information content (AvgIpc) is 2.50. The van der Waals surface area contributed by atoms with E-state index in [0.717, 1.165) is 0 Å². The molecular formula is C12H22N2O8. The van der Waals surface area contributed by atoms with Crippen molar-refractivity contribution in [2.45, 2.75) is 43.6 Å². The molecule has 0 aliphatic carbocycles. The number of hydrogen-bond donors (Lipinski definition) is 6. The standard InChI is InChI=1S/C12H22N2O8/c1-6(18)14-9-11(20)10(19)8(4-17)22-12(9)21-5-13-7(2-15)3-16/h2,7-13,16-17,19-20H,3-5H2,1H3,(H,14,18)/t7-,8?,9?,10?,11-,12?/m1/s1. The van der Waals surface area contributed by atoms with Gasteiger partial charge in [0.15, 0.2) is 6.29 Å². The Morgan fingerprint density at radius 1 is 1.36 bits per heavy atom. The molecule has 0 aromatic carbocycles. The van der Waals surface area contributed by atoms with Gasteiger partial charge in [-0.05, 0) is 0 Å². The molecule has 0 spiro atoms. The topological polar surface area (TPSA) is 158 Å². The van der Waals surface area contributed by atoms with Crippen LogP contribution in [0.4, 0.5) is 0 Å². The predicted molar refractivity (Wildman–Crippen MR) is 71.4 cm³/mol. The molecular weight excluding hydrogens is 300 g/mol. The van der Waals surface area contributed by atoms with Gasteiger partial charge in [0, 0.05) is 6.92 Å². The van der Waals surface area contributed by atoms with Crippen LogP contribution >= 0.6 is 0 Å². The fourth-order valence-corrected chi connectivity index (χ4v) is 2.01. The van der Waals surface area contributed by atoms with E-state index in [1.807, 2.05) is 0 Å². The summed E-state index contributed by atoms with van der Waals surface area (Å²) in [6.45, 7) is 0.0342. The Labute approximate surface area is 127 Å². The molecule has 0 aromatic rings. The van der Waals surface area contributed by atoms with E-state index in [1.165, 1.54) is 6.92 Å². The number of ether oxygens (including phenoxy) is 2. The maximum absolute atomic E-state index is 11.2. The lowest BCUT2D eigenvalue weighted by molar-refractivity contribution is -0.272. The zero-order valence-electron chi connectivity index (χ0n) is 12.1. The second kappa shape index (κ2) is 9.10. The fourth-order valence-electron chi connectivity index (χ4n) is 2.01. The summed E-state index contributed by atoms with van der Waals surface area (Å²) in [5.74, 6) is -0.468. The third-order valence-corrected chi connectivity index (χ3v) is 3.20. The van der Waals surface area contributed by atoms with Gasteiger partial charge in [-0.25, -0.2) is 0 Å². The lowest BCUT2D eigenvalue weighted by Crippen LogP contribution is -2.64. The summed E-state index contributed by atoms with van der Waals surface area (Å²) in [5.41, 5.74) is 0. The van der Waals surface area contributed by atoms with Crippen molar-refractivity contribution in [2.24, 2.45) is 0 Å². The van der Waals surface area contributed by atoms with Crippen LogP contribution in [0.2, 0.25) is 0 Å². The number of carbonyl (C=O) groups excluding carboxylic acids is 2. The smallest absolute Gasteiger partial charge is 0.217 e. The third-order valence-electron chi connectivity index (χ3n) is 3.20. The molecule has 6 atom stereocenters. The second-order valence-electron chi connectivity index (χ2n) is 4.87. The van der Waals surface area contributed by atoms with E-state index < -0.39 is 55.8 Å². The normalized spacial score (nSPS) is 33.2.